The van der Waals surface area contributed by atoms with E-state index in [1.165, 1.54) is 11.1 Å². The summed E-state index contributed by atoms with van der Waals surface area (Å²) in [4.78, 5) is 17.0. The highest BCUT2D eigenvalue weighted by Crippen LogP contribution is 2.20. The van der Waals surface area contributed by atoms with Gasteiger partial charge in [0, 0.05) is 19.6 Å². The van der Waals surface area contributed by atoms with Gasteiger partial charge < -0.3 is 4.90 Å². The molecule has 1 aromatic heterocycles. The maximum atomic E-state index is 12.8. The van der Waals surface area contributed by atoms with Crippen molar-refractivity contribution in [2.24, 2.45) is 5.92 Å². The summed E-state index contributed by atoms with van der Waals surface area (Å²) in [5, 5.41) is 12.1. The van der Waals surface area contributed by atoms with Crippen LogP contribution in [0.5, 0.6) is 0 Å². The SMILES string of the molecule is CC(C)[C@H]1C=CCN1C(=O)Cn1nnnc1CN1CCc2ccccc2C1. The normalized spacial score (nSPS) is 19.7. The van der Waals surface area contributed by atoms with Gasteiger partial charge in [0.05, 0.1) is 12.6 Å². The lowest BCUT2D eigenvalue weighted by atomic mass is 10.00. The van der Waals surface area contributed by atoms with Crippen LogP contribution in [-0.2, 0) is 30.8 Å². The van der Waals surface area contributed by atoms with Crippen molar-refractivity contribution < 1.29 is 4.79 Å². The predicted octanol–water partition coefficient (Wildman–Crippen LogP) is 1.65. The molecule has 2 aliphatic heterocycles. The standard InChI is InChI=1S/C20H26N6O/c1-15(2)18-8-5-10-25(18)20(27)14-26-19(21-22-23-26)13-24-11-9-16-6-3-4-7-17(16)12-24/h3-8,15,18H,9-14H2,1-2H3/t18-/m1/s1. The van der Waals surface area contributed by atoms with Crippen molar-refractivity contribution in [1.82, 2.24) is 30.0 Å². The minimum atomic E-state index is 0.0660. The van der Waals surface area contributed by atoms with E-state index in [0.717, 1.165) is 25.3 Å². The fourth-order valence-corrected chi connectivity index (χ4v) is 3.96. The number of carbonyl (C=O) groups is 1. The zero-order chi connectivity index (χ0) is 18.8. The number of benzene rings is 1. The molecule has 0 bridgehead atoms. The van der Waals surface area contributed by atoms with E-state index < -0.39 is 0 Å². The van der Waals surface area contributed by atoms with Gasteiger partial charge in [0.15, 0.2) is 5.82 Å². The smallest absolute Gasteiger partial charge is 0.245 e. The number of fused-ring (bicyclic) bond motifs is 1. The van der Waals surface area contributed by atoms with Crippen LogP contribution in [0.3, 0.4) is 0 Å². The molecule has 0 N–H and O–H groups in total. The van der Waals surface area contributed by atoms with E-state index in [1.807, 2.05) is 4.90 Å². The Bertz CT molecular complexity index is 843. The number of carbonyl (C=O) groups excluding carboxylic acids is 1. The third-order valence-corrected chi connectivity index (χ3v) is 5.46. The lowest BCUT2D eigenvalue weighted by Gasteiger charge is -2.29. The van der Waals surface area contributed by atoms with Crippen molar-refractivity contribution in [3.63, 3.8) is 0 Å². The fourth-order valence-electron chi connectivity index (χ4n) is 3.96. The minimum Gasteiger partial charge on any atom is -0.331 e. The molecule has 7 nitrogen and oxygen atoms in total. The molecule has 0 unspecified atom stereocenters. The average Bonchev–Trinajstić information content (AvgIpc) is 3.31. The topological polar surface area (TPSA) is 67.2 Å². The molecule has 0 radical (unpaired) electrons. The van der Waals surface area contributed by atoms with E-state index in [2.05, 4.69) is 70.7 Å². The van der Waals surface area contributed by atoms with E-state index >= 15 is 0 Å². The van der Waals surface area contributed by atoms with Crippen molar-refractivity contribution in [2.45, 2.75) is 45.9 Å². The molecule has 0 saturated heterocycles. The summed E-state index contributed by atoms with van der Waals surface area (Å²) in [7, 11) is 0. The van der Waals surface area contributed by atoms with Gasteiger partial charge >= 0.3 is 0 Å². The van der Waals surface area contributed by atoms with Crippen LogP contribution >= 0.6 is 0 Å². The number of amides is 1. The molecule has 0 fully saturated rings. The number of aromatic nitrogens is 4. The second-order valence-corrected chi connectivity index (χ2v) is 7.69. The zero-order valence-electron chi connectivity index (χ0n) is 16.0. The molecule has 0 aliphatic carbocycles. The maximum Gasteiger partial charge on any atom is 0.245 e. The highest BCUT2D eigenvalue weighted by atomic mass is 16.2. The first-order valence-corrected chi connectivity index (χ1v) is 9.62. The third kappa shape index (κ3) is 3.78. The predicted molar refractivity (Wildman–Crippen MR) is 102 cm³/mol. The summed E-state index contributed by atoms with van der Waals surface area (Å²) in [6, 6.07) is 8.72. The van der Waals surface area contributed by atoms with Crippen molar-refractivity contribution in [3.05, 3.63) is 53.4 Å². The molecule has 3 heterocycles. The van der Waals surface area contributed by atoms with Crippen molar-refractivity contribution in [1.29, 1.82) is 0 Å². The first kappa shape index (κ1) is 17.9. The van der Waals surface area contributed by atoms with Gasteiger partial charge in [0.1, 0.15) is 6.54 Å². The summed E-state index contributed by atoms with van der Waals surface area (Å²) in [6.45, 7) is 7.65. The van der Waals surface area contributed by atoms with Crippen LogP contribution in [-0.4, -0.2) is 55.0 Å². The van der Waals surface area contributed by atoms with Crippen molar-refractivity contribution in [3.8, 4) is 0 Å². The second-order valence-electron chi connectivity index (χ2n) is 7.69. The van der Waals surface area contributed by atoms with Crippen LogP contribution < -0.4 is 0 Å². The highest BCUT2D eigenvalue weighted by Gasteiger charge is 2.28. The molecule has 0 spiro atoms. The minimum absolute atomic E-state index is 0.0660. The number of nitrogens with zero attached hydrogens (tertiary/aromatic N) is 6. The summed E-state index contributed by atoms with van der Waals surface area (Å²) in [5.74, 6) is 1.21. The summed E-state index contributed by atoms with van der Waals surface area (Å²) in [6.07, 6.45) is 5.22. The zero-order valence-corrected chi connectivity index (χ0v) is 16.0. The van der Waals surface area contributed by atoms with Gasteiger partial charge in [-0.2, -0.15) is 0 Å². The van der Waals surface area contributed by atoms with Gasteiger partial charge in [0.2, 0.25) is 5.91 Å². The van der Waals surface area contributed by atoms with Crippen LogP contribution in [0.4, 0.5) is 0 Å². The number of hydrogen-bond donors (Lipinski definition) is 0. The molecule has 27 heavy (non-hydrogen) atoms. The second kappa shape index (κ2) is 7.60. The van der Waals surface area contributed by atoms with E-state index in [4.69, 9.17) is 0 Å². The van der Waals surface area contributed by atoms with E-state index in [0.29, 0.717) is 19.0 Å². The van der Waals surface area contributed by atoms with E-state index in [1.54, 1.807) is 4.68 Å². The molecule has 1 atom stereocenters. The van der Waals surface area contributed by atoms with Crippen LogP contribution in [0.25, 0.3) is 0 Å². The molecule has 1 amide bonds. The maximum absolute atomic E-state index is 12.8. The van der Waals surface area contributed by atoms with Gasteiger partial charge in [0.25, 0.3) is 0 Å². The summed E-state index contributed by atoms with van der Waals surface area (Å²) in [5.41, 5.74) is 2.78. The number of rotatable bonds is 5. The number of tetrazole rings is 1. The molecule has 1 aromatic carbocycles. The molecular formula is C20H26N6O. The van der Waals surface area contributed by atoms with Crippen molar-refractivity contribution in [2.75, 3.05) is 13.1 Å². The monoisotopic (exact) mass is 366 g/mol. The third-order valence-electron chi connectivity index (χ3n) is 5.46. The molecule has 4 rings (SSSR count). The fraction of sp³-hybridized carbons (Fsp3) is 0.500. The molecule has 2 aromatic rings. The molecule has 0 saturated carbocycles. The Kier molecular flexibility index (Phi) is 5.03. The Hall–Kier alpha value is -2.54. The van der Waals surface area contributed by atoms with Gasteiger partial charge in [-0.05, 0) is 33.9 Å². The highest BCUT2D eigenvalue weighted by molar-refractivity contribution is 5.77. The molecule has 2 aliphatic rings. The quantitative estimate of drug-likeness (QED) is 0.753. The Morgan fingerprint density at radius 1 is 1.26 bits per heavy atom. The molecule has 7 heteroatoms. The largest absolute Gasteiger partial charge is 0.331 e. The van der Waals surface area contributed by atoms with E-state index in [-0.39, 0.29) is 18.5 Å². The lowest BCUT2D eigenvalue weighted by molar-refractivity contribution is -0.133. The van der Waals surface area contributed by atoms with Gasteiger partial charge in [-0.15, -0.1) is 5.10 Å². The van der Waals surface area contributed by atoms with Gasteiger partial charge in [-0.25, -0.2) is 4.68 Å². The first-order valence-electron chi connectivity index (χ1n) is 9.62. The summed E-state index contributed by atoms with van der Waals surface area (Å²) < 4.78 is 1.65. The molecular weight excluding hydrogens is 340 g/mol. The van der Waals surface area contributed by atoms with Gasteiger partial charge in [-0.1, -0.05) is 50.3 Å². The Morgan fingerprint density at radius 2 is 2.07 bits per heavy atom. The first-order chi connectivity index (χ1) is 13.1. The van der Waals surface area contributed by atoms with Crippen molar-refractivity contribution >= 4 is 5.91 Å². The van der Waals surface area contributed by atoms with Gasteiger partial charge in [-0.3, -0.25) is 9.69 Å². The van der Waals surface area contributed by atoms with Crippen LogP contribution in [0.2, 0.25) is 0 Å². The lowest BCUT2D eigenvalue weighted by Crippen LogP contribution is -2.41. The Balaban J connectivity index is 1.41. The Morgan fingerprint density at radius 3 is 2.89 bits per heavy atom. The van der Waals surface area contributed by atoms with E-state index in [9.17, 15) is 4.79 Å². The summed E-state index contributed by atoms with van der Waals surface area (Å²) >= 11 is 0. The van der Waals surface area contributed by atoms with Crippen LogP contribution in [0.1, 0.15) is 30.8 Å². The van der Waals surface area contributed by atoms with Crippen LogP contribution in [0, 0.1) is 5.92 Å². The Labute approximate surface area is 159 Å². The average molecular weight is 366 g/mol. The van der Waals surface area contributed by atoms with Crippen LogP contribution in [0.15, 0.2) is 36.4 Å². The number of hydrogen-bond acceptors (Lipinski definition) is 5. The molecule has 142 valence electrons.